The molecule has 0 atom stereocenters. The number of benzene rings is 3. The normalized spacial score (nSPS) is 13.4. The fourth-order valence-corrected chi connectivity index (χ4v) is 5.35. The second-order valence-electron chi connectivity index (χ2n) is 9.51. The van der Waals surface area contributed by atoms with Crippen LogP contribution < -0.4 is 0 Å². The van der Waals surface area contributed by atoms with E-state index in [1.165, 1.54) is 10.9 Å². The molecule has 3 aromatic heterocycles. The average molecular weight is 486 g/mol. The quantitative estimate of drug-likeness (QED) is 0.335. The van der Waals surface area contributed by atoms with Crippen LogP contribution >= 0.6 is 0 Å². The van der Waals surface area contributed by atoms with E-state index in [1.807, 2.05) is 65.6 Å². The van der Waals surface area contributed by atoms with Gasteiger partial charge in [0.15, 0.2) is 5.78 Å². The first-order valence-electron chi connectivity index (χ1n) is 12.4. The Morgan fingerprint density at radius 2 is 1.70 bits per heavy atom. The van der Waals surface area contributed by atoms with Gasteiger partial charge in [0.25, 0.3) is 5.91 Å². The summed E-state index contributed by atoms with van der Waals surface area (Å²) in [4.78, 5) is 44.2. The lowest BCUT2D eigenvalue weighted by Crippen LogP contribution is -2.36. The molecule has 0 aliphatic carbocycles. The first-order chi connectivity index (χ1) is 18.1. The average Bonchev–Trinajstić information content (AvgIpc) is 3.52. The molecular weight excluding hydrogens is 462 g/mol. The zero-order valence-electron chi connectivity index (χ0n) is 20.0. The number of para-hydroxylation sites is 2. The molecule has 0 saturated heterocycles. The number of hydrogen-bond acceptors (Lipinski definition) is 4. The van der Waals surface area contributed by atoms with Crippen molar-refractivity contribution in [2.45, 2.75) is 19.4 Å². The molecule has 7 heteroatoms. The number of aromatic amines is 2. The first-order valence-corrected chi connectivity index (χ1v) is 12.4. The molecule has 37 heavy (non-hydrogen) atoms. The number of amides is 1. The standard InChI is InChI=1S/C30H23N5O2/c36-27(25-14-18-6-1-2-7-19(18)16-31-25)15-28-33-24-11-5-9-22(29(24)34-28)30(37)35-13-12-21-20-8-3-4-10-23(20)32-26(21)17-35/h1-11,14,16,32H,12-13,15,17H2,(H,33,34). The molecule has 6 aromatic rings. The molecule has 7 nitrogen and oxygen atoms in total. The zero-order valence-corrected chi connectivity index (χ0v) is 20.0. The molecule has 1 aliphatic rings. The number of ketones is 1. The van der Waals surface area contributed by atoms with E-state index < -0.39 is 0 Å². The van der Waals surface area contributed by atoms with Gasteiger partial charge in [-0.05, 0) is 41.6 Å². The highest BCUT2D eigenvalue weighted by Crippen LogP contribution is 2.29. The summed E-state index contributed by atoms with van der Waals surface area (Å²) in [5.41, 5.74) is 5.75. The number of carbonyl (C=O) groups is 2. The number of imidazole rings is 1. The Labute approximate surface area is 212 Å². The first kappa shape index (κ1) is 21.5. The summed E-state index contributed by atoms with van der Waals surface area (Å²) < 4.78 is 0. The monoisotopic (exact) mass is 485 g/mol. The number of fused-ring (bicyclic) bond motifs is 5. The maximum absolute atomic E-state index is 13.6. The van der Waals surface area contributed by atoms with Crippen LogP contribution in [0.25, 0.3) is 32.7 Å². The van der Waals surface area contributed by atoms with Crippen LogP contribution in [0.5, 0.6) is 0 Å². The fourth-order valence-electron chi connectivity index (χ4n) is 5.35. The smallest absolute Gasteiger partial charge is 0.256 e. The zero-order chi connectivity index (χ0) is 24.9. The van der Waals surface area contributed by atoms with E-state index in [9.17, 15) is 9.59 Å². The van der Waals surface area contributed by atoms with Gasteiger partial charge < -0.3 is 14.9 Å². The van der Waals surface area contributed by atoms with Crippen LogP contribution in [0.3, 0.4) is 0 Å². The summed E-state index contributed by atoms with van der Waals surface area (Å²) in [6.45, 7) is 1.18. The van der Waals surface area contributed by atoms with Crippen LogP contribution in [0.1, 0.15) is 37.9 Å². The van der Waals surface area contributed by atoms with E-state index >= 15 is 0 Å². The lowest BCUT2D eigenvalue weighted by atomic mass is 10.0. The van der Waals surface area contributed by atoms with E-state index in [-0.39, 0.29) is 18.1 Å². The molecule has 1 aliphatic heterocycles. The molecule has 3 aromatic carbocycles. The van der Waals surface area contributed by atoms with E-state index in [2.05, 4.69) is 32.1 Å². The predicted octanol–water partition coefficient (Wildman–Crippen LogP) is 5.22. The molecule has 180 valence electrons. The van der Waals surface area contributed by atoms with Gasteiger partial charge in [0, 0.05) is 34.7 Å². The van der Waals surface area contributed by atoms with Crippen LogP contribution in [-0.2, 0) is 19.4 Å². The Balaban J connectivity index is 1.15. The maximum atomic E-state index is 13.6. The molecule has 0 spiro atoms. The van der Waals surface area contributed by atoms with Crippen LogP contribution in [0.15, 0.2) is 79.0 Å². The van der Waals surface area contributed by atoms with Crippen LogP contribution in [-0.4, -0.2) is 43.1 Å². The largest absolute Gasteiger partial charge is 0.357 e. The number of carbonyl (C=O) groups excluding carboxylic acids is 2. The second-order valence-corrected chi connectivity index (χ2v) is 9.51. The van der Waals surface area contributed by atoms with Crippen LogP contribution in [0, 0.1) is 0 Å². The Morgan fingerprint density at radius 1 is 0.892 bits per heavy atom. The Hall–Kier alpha value is -4.78. The van der Waals surface area contributed by atoms with Gasteiger partial charge in [-0.15, -0.1) is 0 Å². The minimum Gasteiger partial charge on any atom is -0.357 e. The summed E-state index contributed by atoms with van der Waals surface area (Å²) in [5, 5.41) is 3.19. The third kappa shape index (κ3) is 3.67. The van der Waals surface area contributed by atoms with Crippen molar-refractivity contribution in [1.29, 1.82) is 0 Å². The van der Waals surface area contributed by atoms with E-state index in [0.717, 1.165) is 33.9 Å². The van der Waals surface area contributed by atoms with Gasteiger partial charge >= 0.3 is 0 Å². The molecule has 0 bridgehead atoms. The topological polar surface area (TPSA) is 94.7 Å². The van der Waals surface area contributed by atoms with E-state index in [4.69, 9.17) is 0 Å². The Kier molecular flexibility index (Phi) is 4.89. The highest BCUT2D eigenvalue weighted by Gasteiger charge is 2.26. The maximum Gasteiger partial charge on any atom is 0.256 e. The molecule has 0 saturated carbocycles. The van der Waals surface area contributed by atoms with Gasteiger partial charge in [-0.3, -0.25) is 14.6 Å². The third-order valence-electron chi connectivity index (χ3n) is 7.21. The molecule has 2 N–H and O–H groups in total. The summed E-state index contributed by atoms with van der Waals surface area (Å²) in [7, 11) is 0. The summed E-state index contributed by atoms with van der Waals surface area (Å²) in [6, 6.07) is 23.4. The summed E-state index contributed by atoms with van der Waals surface area (Å²) >= 11 is 0. The number of H-pyrrole nitrogens is 2. The van der Waals surface area contributed by atoms with Crippen molar-refractivity contribution in [2.75, 3.05) is 6.54 Å². The fraction of sp³-hybridized carbons (Fsp3) is 0.133. The SMILES string of the molecule is O=C(Cc1nc2c(C(=O)N3CCc4c([nH]c5ccccc45)C3)cccc2[nH]1)c1cc2ccccc2cn1. The van der Waals surface area contributed by atoms with Crippen molar-refractivity contribution in [1.82, 2.24) is 24.8 Å². The second kappa shape index (κ2) is 8.41. The Bertz CT molecular complexity index is 1850. The van der Waals surface area contributed by atoms with Gasteiger partial charge in [0.1, 0.15) is 17.0 Å². The minimum atomic E-state index is -0.125. The number of hydrogen-bond donors (Lipinski definition) is 2. The molecule has 0 fully saturated rings. The van der Waals surface area contributed by atoms with Gasteiger partial charge in [-0.1, -0.05) is 48.5 Å². The van der Waals surface area contributed by atoms with Crippen molar-refractivity contribution < 1.29 is 9.59 Å². The molecule has 7 rings (SSSR count). The molecule has 0 unspecified atom stereocenters. The number of aromatic nitrogens is 4. The van der Waals surface area contributed by atoms with Gasteiger partial charge in [-0.2, -0.15) is 0 Å². The lowest BCUT2D eigenvalue weighted by Gasteiger charge is -2.27. The number of Topliss-reactive ketones (excluding diaryl/α,β-unsaturated/α-hetero) is 1. The minimum absolute atomic E-state index is 0.0597. The number of nitrogens with zero attached hydrogens (tertiary/aromatic N) is 3. The summed E-state index contributed by atoms with van der Waals surface area (Å²) in [6.07, 6.45) is 2.60. The van der Waals surface area contributed by atoms with E-state index in [0.29, 0.717) is 35.7 Å². The van der Waals surface area contributed by atoms with Crippen molar-refractivity contribution in [3.05, 3.63) is 107 Å². The van der Waals surface area contributed by atoms with Crippen molar-refractivity contribution in [3.8, 4) is 0 Å². The van der Waals surface area contributed by atoms with Gasteiger partial charge in [0.05, 0.1) is 24.0 Å². The predicted molar refractivity (Wildman–Crippen MR) is 143 cm³/mol. The number of pyridine rings is 1. The lowest BCUT2D eigenvalue weighted by molar-refractivity contribution is 0.0734. The van der Waals surface area contributed by atoms with Crippen molar-refractivity contribution >= 4 is 44.4 Å². The van der Waals surface area contributed by atoms with Crippen LogP contribution in [0.4, 0.5) is 0 Å². The van der Waals surface area contributed by atoms with Crippen LogP contribution in [0.2, 0.25) is 0 Å². The number of rotatable bonds is 4. The van der Waals surface area contributed by atoms with Gasteiger partial charge in [0.2, 0.25) is 0 Å². The molecule has 4 heterocycles. The van der Waals surface area contributed by atoms with Gasteiger partial charge in [-0.25, -0.2) is 4.98 Å². The third-order valence-corrected chi connectivity index (χ3v) is 7.21. The summed E-state index contributed by atoms with van der Waals surface area (Å²) in [5.74, 6) is 0.335. The number of nitrogens with one attached hydrogen (secondary N) is 2. The Morgan fingerprint density at radius 3 is 2.62 bits per heavy atom. The van der Waals surface area contributed by atoms with E-state index in [1.54, 1.807) is 6.20 Å². The van der Waals surface area contributed by atoms with Crippen molar-refractivity contribution in [3.63, 3.8) is 0 Å². The molecule has 0 radical (unpaired) electrons. The molecule has 1 amide bonds. The highest BCUT2D eigenvalue weighted by atomic mass is 16.2. The van der Waals surface area contributed by atoms with Crippen molar-refractivity contribution in [2.24, 2.45) is 0 Å². The molecular formula is C30H23N5O2. The highest BCUT2D eigenvalue weighted by molar-refractivity contribution is 6.05.